The third-order valence-electron chi connectivity index (χ3n) is 29.5. The molecule has 7 atom stereocenters. The highest BCUT2D eigenvalue weighted by Gasteiger charge is 2.42. The highest BCUT2D eigenvalue weighted by molar-refractivity contribution is 7.60. The molecule has 6 aromatic carbocycles. The zero-order valence-corrected chi connectivity index (χ0v) is 91.7. The van der Waals surface area contributed by atoms with Crippen LogP contribution in [-0.2, 0) is 53.3 Å². The van der Waals surface area contributed by atoms with E-state index in [-0.39, 0.29) is 158 Å². The number of piperazine rings is 3. The molecule has 3 amide bonds. The molecule has 0 aliphatic carbocycles. The van der Waals surface area contributed by atoms with Gasteiger partial charge in [0.1, 0.15) is 74.3 Å². The van der Waals surface area contributed by atoms with E-state index in [1.165, 1.54) is 0 Å². The molecule has 802 valence electrons. The second-order valence-corrected chi connectivity index (χ2v) is 39.7. The first-order chi connectivity index (χ1) is 68.7. The maximum atomic E-state index is 13.6. The Morgan fingerprint density at radius 3 is 1.05 bits per heavy atom. The molecule has 8 saturated heterocycles. The van der Waals surface area contributed by atoms with Crippen LogP contribution in [0.15, 0.2) is 133 Å². The Morgan fingerprint density at radius 1 is 0.409 bits per heavy atom. The van der Waals surface area contributed by atoms with Crippen molar-refractivity contribution in [3.8, 4) is 29.9 Å². The van der Waals surface area contributed by atoms with E-state index in [0.717, 1.165) is 213 Å². The monoisotopic (exact) mass is 2210 g/mol. The fraction of sp³-hybridized carbons (Fsp3) is 0.500. The lowest BCUT2D eigenvalue weighted by molar-refractivity contribution is -0.129. The first-order valence-corrected chi connectivity index (χ1v) is 50.6. The summed E-state index contributed by atoms with van der Waals surface area (Å²) in [6.07, 6.45) is 14.7. The molecule has 3 aromatic heterocycles. The summed E-state index contributed by atoms with van der Waals surface area (Å²) in [5, 5.41) is 17.6. The third kappa shape index (κ3) is 28.6. The summed E-state index contributed by atoms with van der Waals surface area (Å²) in [6, 6.07) is 37.9. The lowest BCUT2D eigenvalue weighted by Gasteiger charge is -2.41. The number of likely N-dealkylation sites (N-methyl/N-ethyl adjacent to an activating group) is 3. The van der Waals surface area contributed by atoms with Gasteiger partial charge in [-0.3, -0.25) is 24.2 Å². The SMILES string of the molecule is C.C.S.S.S.S.S.S.[C-]#[N+]C[C@H]1CN(c2nc(OC[C@@H]3CCCN3C)nc3c2CCN(c2cccc4cccc(Cl)c24)C3)CCN1C(=O)/C=C/CN1CC(F)C1.[C-]#[N+]C[C@H]1CN(c2nc(OC[C@@H]3CCCN3C)nc3c2CCN(c2cccc4cccc(Cl)c24)C3)CCN1C(=O)/C=C/CN1CCC(F)C1.[C-]#[N+]C[C@H]1CN(c2nc(OC[C@@H]3CCCN3C)nc3c2CCN(c2cccc4cccc(Cl)c24)C3)CCN1C(=O)C#CCO. The van der Waals surface area contributed by atoms with Crippen molar-refractivity contribution in [2.24, 2.45) is 0 Å². The number of carbonyl (C=O) groups is 3. The number of alkyl halides is 2. The number of ether oxygens (including phenoxy) is 3. The fourth-order valence-corrected chi connectivity index (χ4v) is 22.7. The van der Waals surface area contributed by atoms with Crippen LogP contribution in [0.3, 0.4) is 0 Å². The zero-order chi connectivity index (χ0) is 97.7. The molecule has 11 aliphatic rings. The predicted molar refractivity (Wildman–Crippen MR) is 624 cm³/mol. The number of aromatic nitrogens is 6. The van der Waals surface area contributed by atoms with E-state index < -0.39 is 12.3 Å². The minimum Gasteiger partial charge on any atom is -0.462 e. The van der Waals surface area contributed by atoms with E-state index >= 15 is 0 Å². The van der Waals surface area contributed by atoms with Gasteiger partial charge in [0.2, 0.25) is 31.4 Å². The standard InChI is InChI=1S/C37H44ClFN8O2.C36H42ClFN8O2.C33H36ClN7O3.2CH4.6H2S/c1-40-21-29-23-46(19-20-47(29)34(48)12-6-16-44-17-13-27(39)22-44)36-30-14-18-45(33-11-4-8-26-7-3-10-31(38)35(26)33)24-32(30)41-37(42-36)49-25-28-9-5-15-43(28)2;1-39-19-28-22-45(17-18-46(28)33(47)12-6-15-43-20-26(38)21-43)35-29-13-16-44(32-11-4-8-25-7-3-10-30(37)34(25)32)23-31(29)40-36(41-35)48-24-27-9-5-14-42(27)2;1-35-19-25-20-40(16-17-41(25)30(43)12-6-18-42)32-26-13-15-39(29-11-4-8-23-7-3-10-27(34)31(23)29)21-28(26)36-33(37-32)44-22-24-9-5-14-38(24)2;;;;;;;;/h3-4,6-8,10-12,27-29H,5,9,13-25H2,2H3;3-4,6-8,10-12,26-28H,5,9,13-24H2,2H3;3-4,7-8,10-11,24-25,42H,5,9,13-22H2,2H3;2*1H4;6*1H2/b2*12-6+;;;;;;;;;/t27?,28-,29-;27-,28-;24-,25-;;;;;;;;/m000......../s1. The van der Waals surface area contributed by atoms with Gasteiger partial charge in [-0.25, -0.2) is 28.5 Å². The van der Waals surface area contributed by atoms with E-state index in [4.69, 9.17) is 104 Å². The van der Waals surface area contributed by atoms with Gasteiger partial charge in [0.15, 0.2) is 0 Å². The second kappa shape index (κ2) is 56.6. The van der Waals surface area contributed by atoms with E-state index in [9.17, 15) is 23.2 Å². The fourth-order valence-electron chi connectivity index (χ4n) is 21.8. The van der Waals surface area contributed by atoms with Crippen LogP contribution in [0, 0.1) is 31.6 Å². The van der Waals surface area contributed by atoms with Gasteiger partial charge < -0.3 is 92.7 Å². The Morgan fingerprint density at radius 2 is 0.738 bits per heavy atom. The number of anilines is 6. The summed E-state index contributed by atoms with van der Waals surface area (Å²) in [6.45, 7) is 39.4. The van der Waals surface area contributed by atoms with Gasteiger partial charge in [0.25, 0.3) is 5.91 Å². The van der Waals surface area contributed by atoms with Crippen molar-refractivity contribution in [1.82, 2.24) is 69.1 Å². The van der Waals surface area contributed by atoms with Crippen LogP contribution in [0.5, 0.6) is 18.0 Å². The Hall–Kier alpha value is -9.95. The first-order valence-electron chi connectivity index (χ1n) is 49.5. The molecule has 0 radical (unpaired) electrons. The minimum atomic E-state index is -0.789. The molecule has 11 aliphatic heterocycles. The number of aliphatic hydroxyl groups is 1. The van der Waals surface area contributed by atoms with Crippen molar-refractivity contribution < 1.29 is 42.5 Å². The van der Waals surface area contributed by atoms with Gasteiger partial charge >= 0.3 is 18.0 Å². The van der Waals surface area contributed by atoms with Crippen LogP contribution in [0.25, 0.3) is 46.9 Å². The highest BCUT2D eigenvalue weighted by Crippen LogP contribution is 2.43. The zero-order valence-electron chi connectivity index (χ0n) is 83.4. The van der Waals surface area contributed by atoms with Gasteiger partial charge in [0.05, 0.1) is 51.8 Å². The number of rotatable bonds is 24. The molecule has 0 spiro atoms. The van der Waals surface area contributed by atoms with Gasteiger partial charge in [-0.1, -0.05) is 141 Å². The summed E-state index contributed by atoms with van der Waals surface area (Å²) < 4.78 is 45.7. The lowest BCUT2D eigenvalue weighted by atomic mass is 10.0. The summed E-state index contributed by atoms with van der Waals surface area (Å²) >= 11 is 20.2. The van der Waals surface area contributed by atoms with Crippen molar-refractivity contribution in [1.29, 1.82) is 0 Å². The van der Waals surface area contributed by atoms with Crippen molar-refractivity contribution in [3.05, 3.63) is 217 Å². The van der Waals surface area contributed by atoms with E-state index in [2.05, 4.69) is 164 Å². The quantitative estimate of drug-likeness (QED) is 0.0336. The number of nitrogens with zero attached hydrogens (tertiary/aromatic N) is 23. The van der Waals surface area contributed by atoms with Crippen molar-refractivity contribution >= 4 is 200 Å². The number of aliphatic hydroxyl groups excluding tert-OH is 1. The predicted octanol–water partition coefficient (Wildman–Crippen LogP) is 14.5. The molecule has 9 aromatic rings. The van der Waals surface area contributed by atoms with Crippen molar-refractivity contribution in [3.63, 3.8) is 0 Å². The average molecular weight is 2210 g/mol. The van der Waals surface area contributed by atoms with Crippen LogP contribution in [0.1, 0.15) is 93.6 Å². The number of fused-ring (bicyclic) bond motifs is 6. The average Bonchev–Trinajstić information content (AvgIpc) is 1.36. The number of hydrogen-bond donors (Lipinski definition) is 1. The summed E-state index contributed by atoms with van der Waals surface area (Å²) in [7, 11) is 6.38. The smallest absolute Gasteiger partial charge is 0.318 e. The first kappa shape index (κ1) is 121. The largest absolute Gasteiger partial charge is 0.462 e. The van der Waals surface area contributed by atoms with Crippen molar-refractivity contribution in [2.75, 3.05) is 234 Å². The van der Waals surface area contributed by atoms with Gasteiger partial charge in [-0.15, -0.1) is 0 Å². The molecule has 0 bridgehead atoms. The topological polar surface area (TPSA) is 235 Å². The maximum absolute atomic E-state index is 13.6. The van der Waals surface area contributed by atoms with E-state index in [1.54, 1.807) is 32.9 Å². The van der Waals surface area contributed by atoms with Crippen LogP contribution in [0.4, 0.5) is 43.3 Å². The molecule has 14 heterocycles. The molecular formula is C108H142Cl3F2N23O7S6. The van der Waals surface area contributed by atoms with Gasteiger partial charge in [-0.05, 0) is 163 Å². The Balaban J connectivity index is 0.000000223. The van der Waals surface area contributed by atoms with E-state index in [1.807, 2.05) is 52.3 Å². The maximum Gasteiger partial charge on any atom is 0.318 e. The molecule has 1 N–H and O–H groups in total. The Bertz CT molecular complexity index is 6330. The van der Waals surface area contributed by atoms with Crippen LogP contribution in [0.2, 0.25) is 15.1 Å². The Labute approximate surface area is 932 Å². The number of benzene rings is 6. The summed E-state index contributed by atoms with van der Waals surface area (Å²) in [5.74, 6) is 6.82. The lowest BCUT2D eigenvalue weighted by Crippen LogP contribution is -2.56. The third-order valence-corrected chi connectivity index (χ3v) is 30.5. The number of amides is 3. The molecule has 149 heavy (non-hydrogen) atoms. The molecule has 20 rings (SSSR count). The van der Waals surface area contributed by atoms with Gasteiger partial charge in [0, 0.05) is 198 Å². The number of halogens is 5. The normalized spacial score (nSPS) is 20.8. The molecule has 30 nitrogen and oxygen atoms in total. The Kier molecular flexibility index (Phi) is 45.9. The minimum absolute atomic E-state index is 0. The van der Waals surface area contributed by atoms with Gasteiger partial charge in [-0.2, -0.15) is 111 Å². The molecule has 8 fully saturated rings. The van der Waals surface area contributed by atoms with E-state index in [0.29, 0.717) is 180 Å². The molecule has 41 heteroatoms. The second-order valence-electron chi connectivity index (χ2n) is 38.5. The molecule has 1 unspecified atom stereocenters. The molecule has 0 saturated carbocycles. The highest BCUT2D eigenvalue weighted by atomic mass is 35.5. The van der Waals surface area contributed by atoms with Crippen LogP contribution >= 0.6 is 116 Å². The summed E-state index contributed by atoms with van der Waals surface area (Å²) in [4.78, 5) is 110. The van der Waals surface area contributed by atoms with Crippen LogP contribution < -0.4 is 43.6 Å². The molecular weight excluding hydrogens is 2070 g/mol. The number of carbonyl (C=O) groups excluding carboxylic acids is 3. The number of likely N-dealkylation sites (tertiary alicyclic amines) is 5. The summed E-state index contributed by atoms with van der Waals surface area (Å²) in [5.41, 5.74) is 9.24. The number of hydrogen-bond acceptors (Lipinski definition) is 24. The van der Waals surface area contributed by atoms with Crippen LogP contribution in [-0.4, -0.2) is 345 Å². The van der Waals surface area contributed by atoms with Crippen molar-refractivity contribution in [2.45, 2.75) is 147 Å².